The van der Waals surface area contributed by atoms with Crippen LogP contribution in [0.25, 0.3) is 11.1 Å². The lowest BCUT2D eigenvalue weighted by molar-refractivity contribution is 0.0953. The van der Waals surface area contributed by atoms with E-state index in [1.807, 2.05) is 25.1 Å². The first-order valence-corrected chi connectivity index (χ1v) is 7.11. The smallest absolute Gasteiger partial charge is 0.251 e. The molecule has 0 atom stereocenters. The number of hydrogen-bond acceptors (Lipinski definition) is 3. The molecule has 1 N–H and O–H groups in total. The van der Waals surface area contributed by atoms with Gasteiger partial charge >= 0.3 is 0 Å². The van der Waals surface area contributed by atoms with E-state index in [2.05, 4.69) is 10.3 Å². The highest BCUT2D eigenvalue weighted by Gasteiger charge is 2.10. The van der Waals surface area contributed by atoms with Crippen molar-refractivity contribution in [2.45, 2.75) is 13.3 Å². The molecule has 5 heteroatoms. The van der Waals surface area contributed by atoms with Crippen LogP contribution in [0.4, 0.5) is 0 Å². The van der Waals surface area contributed by atoms with Crippen LogP contribution in [-0.4, -0.2) is 24.5 Å². The summed E-state index contributed by atoms with van der Waals surface area (Å²) < 4.78 is 5.11. The maximum absolute atomic E-state index is 12.0. The molecule has 110 valence electrons. The fourth-order valence-corrected chi connectivity index (χ4v) is 2.13. The maximum Gasteiger partial charge on any atom is 0.251 e. The van der Waals surface area contributed by atoms with Crippen molar-refractivity contribution in [2.24, 2.45) is 0 Å². The molecule has 2 aromatic rings. The summed E-state index contributed by atoms with van der Waals surface area (Å²) in [6, 6.07) is 9.08. The molecule has 0 aliphatic carbocycles. The number of rotatable bonds is 5. The van der Waals surface area contributed by atoms with Crippen LogP contribution >= 0.6 is 11.6 Å². The second-order valence-corrected chi connectivity index (χ2v) is 4.95. The summed E-state index contributed by atoms with van der Waals surface area (Å²) in [6.45, 7) is 2.67. The second kappa shape index (κ2) is 7.09. The Kier molecular flexibility index (Phi) is 5.17. The van der Waals surface area contributed by atoms with E-state index in [1.54, 1.807) is 25.4 Å². The Balaban J connectivity index is 2.35. The molecule has 1 heterocycles. The van der Waals surface area contributed by atoms with Gasteiger partial charge in [0.15, 0.2) is 0 Å². The van der Waals surface area contributed by atoms with E-state index in [4.69, 9.17) is 16.3 Å². The van der Waals surface area contributed by atoms with Crippen LogP contribution in [0.3, 0.4) is 0 Å². The number of benzene rings is 1. The minimum Gasteiger partial charge on any atom is -0.481 e. The van der Waals surface area contributed by atoms with E-state index in [-0.39, 0.29) is 5.91 Å². The van der Waals surface area contributed by atoms with Gasteiger partial charge in [-0.15, -0.1) is 0 Å². The highest BCUT2D eigenvalue weighted by molar-refractivity contribution is 6.33. The third-order valence-corrected chi connectivity index (χ3v) is 3.31. The standard InChI is InChI=1S/C16H17ClN2O2/c1-3-7-18-16(20)12-6-4-5-11(8-12)13-9-15(21-2)19-10-14(13)17/h4-6,8-10H,3,7H2,1-2H3,(H,18,20). The molecule has 21 heavy (non-hydrogen) atoms. The number of ether oxygens (including phenoxy) is 1. The van der Waals surface area contributed by atoms with Crippen molar-refractivity contribution in [2.75, 3.05) is 13.7 Å². The van der Waals surface area contributed by atoms with Crippen LogP contribution < -0.4 is 10.1 Å². The van der Waals surface area contributed by atoms with Crippen molar-refractivity contribution in [1.29, 1.82) is 0 Å². The number of halogens is 1. The fraction of sp³-hybridized carbons (Fsp3) is 0.250. The fourth-order valence-electron chi connectivity index (χ4n) is 1.92. The average molecular weight is 305 g/mol. The molecule has 0 aliphatic heterocycles. The van der Waals surface area contributed by atoms with Gasteiger partial charge in [0.1, 0.15) is 0 Å². The maximum atomic E-state index is 12.0. The van der Waals surface area contributed by atoms with Gasteiger partial charge in [0.25, 0.3) is 5.91 Å². The number of amides is 1. The second-order valence-electron chi connectivity index (χ2n) is 4.54. The number of methoxy groups -OCH3 is 1. The van der Waals surface area contributed by atoms with Gasteiger partial charge in [-0.1, -0.05) is 30.7 Å². The van der Waals surface area contributed by atoms with Crippen molar-refractivity contribution < 1.29 is 9.53 Å². The molecule has 0 radical (unpaired) electrons. The lowest BCUT2D eigenvalue weighted by Gasteiger charge is -2.09. The lowest BCUT2D eigenvalue weighted by atomic mass is 10.0. The summed E-state index contributed by atoms with van der Waals surface area (Å²) in [5, 5.41) is 3.37. The van der Waals surface area contributed by atoms with Gasteiger partial charge < -0.3 is 10.1 Å². The predicted molar refractivity (Wildman–Crippen MR) is 83.9 cm³/mol. The minimum atomic E-state index is -0.0872. The molecular weight excluding hydrogens is 288 g/mol. The number of carbonyl (C=O) groups is 1. The monoisotopic (exact) mass is 304 g/mol. The summed E-state index contributed by atoms with van der Waals surface area (Å²) in [7, 11) is 1.55. The van der Waals surface area contributed by atoms with Gasteiger partial charge in [-0.2, -0.15) is 0 Å². The summed E-state index contributed by atoms with van der Waals surface area (Å²) in [5.74, 6) is 0.395. The van der Waals surface area contributed by atoms with E-state index in [0.29, 0.717) is 23.0 Å². The Morgan fingerprint density at radius 3 is 2.90 bits per heavy atom. The van der Waals surface area contributed by atoms with E-state index in [1.165, 1.54) is 0 Å². The van der Waals surface area contributed by atoms with Crippen molar-refractivity contribution in [1.82, 2.24) is 10.3 Å². The van der Waals surface area contributed by atoms with Crippen LogP contribution in [-0.2, 0) is 0 Å². The highest BCUT2D eigenvalue weighted by atomic mass is 35.5. The molecule has 0 saturated carbocycles. The van der Waals surface area contributed by atoms with Crippen molar-refractivity contribution in [3.63, 3.8) is 0 Å². The van der Waals surface area contributed by atoms with Crippen LogP contribution in [0.2, 0.25) is 5.02 Å². The van der Waals surface area contributed by atoms with E-state index >= 15 is 0 Å². The average Bonchev–Trinajstić information content (AvgIpc) is 2.53. The number of aromatic nitrogens is 1. The van der Waals surface area contributed by atoms with Crippen LogP contribution in [0.15, 0.2) is 36.5 Å². The number of carbonyl (C=O) groups excluding carboxylic acids is 1. The summed E-state index contributed by atoms with van der Waals surface area (Å²) in [6.07, 6.45) is 2.44. The topological polar surface area (TPSA) is 51.2 Å². The molecule has 0 spiro atoms. The number of pyridine rings is 1. The highest BCUT2D eigenvalue weighted by Crippen LogP contribution is 2.30. The molecule has 0 fully saturated rings. The third kappa shape index (κ3) is 3.73. The quantitative estimate of drug-likeness (QED) is 0.919. The van der Waals surface area contributed by atoms with E-state index < -0.39 is 0 Å². The SMILES string of the molecule is CCCNC(=O)c1cccc(-c2cc(OC)ncc2Cl)c1. The molecule has 1 aromatic heterocycles. The van der Waals surface area contributed by atoms with E-state index in [9.17, 15) is 4.79 Å². The Morgan fingerprint density at radius 2 is 2.19 bits per heavy atom. The van der Waals surface area contributed by atoms with Crippen LogP contribution in [0.1, 0.15) is 23.7 Å². The molecule has 2 rings (SSSR count). The molecule has 1 aromatic carbocycles. The van der Waals surface area contributed by atoms with Gasteiger partial charge in [-0.25, -0.2) is 4.98 Å². The zero-order valence-electron chi connectivity index (χ0n) is 12.0. The Hall–Kier alpha value is -2.07. The van der Waals surface area contributed by atoms with Crippen molar-refractivity contribution in [3.8, 4) is 17.0 Å². The van der Waals surface area contributed by atoms with E-state index in [0.717, 1.165) is 17.5 Å². The molecule has 0 saturated heterocycles. The largest absolute Gasteiger partial charge is 0.481 e. The van der Waals surface area contributed by atoms with Gasteiger partial charge in [-0.3, -0.25) is 4.79 Å². The predicted octanol–water partition coefficient (Wildman–Crippen LogP) is 3.55. The van der Waals surface area contributed by atoms with Crippen LogP contribution in [0, 0.1) is 0 Å². The molecule has 0 bridgehead atoms. The summed E-state index contributed by atoms with van der Waals surface area (Å²) in [5.41, 5.74) is 2.24. The summed E-state index contributed by atoms with van der Waals surface area (Å²) in [4.78, 5) is 16.1. The number of nitrogens with one attached hydrogen (secondary N) is 1. The number of hydrogen-bond donors (Lipinski definition) is 1. The Bertz CT molecular complexity index is 644. The first kappa shape index (κ1) is 15.3. The molecule has 0 aliphatic rings. The first-order chi connectivity index (χ1) is 10.2. The third-order valence-electron chi connectivity index (χ3n) is 3.01. The van der Waals surface area contributed by atoms with Gasteiger partial charge in [0.2, 0.25) is 5.88 Å². The normalized spacial score (nSPS) is 10.2. The molecule has 0 unspecified atom stereocenters. The zero-order chi connectivity index (χ0) is 15.2. The molecule has 4 nitrogen and oxygen atoms in total. The Morgan fingerprint density at radius 1 is 1.38 bits per heavy atom. The Labute approximate surface area is 129 Å². The molecular formula is C16H17ClN2O2. The van der Waals surface area contributed by atoms with Crippen LogP contribution in [0.5, 0.6) is 5.88 Å². The lowest BCUT2D eigenvalue weighted by Crippen LogP contribution is -2.23. The first-order valence-electron chi connectivity index (χ1n) is 6.74. The van der Waals surface area contributed by atoms with Crippen molar-refractivity contribution in [3.05, 3.63) is 47.1 Å². The minimum absolute atomic E-state index is 0.0872. The van der Waals surface area contributed by atoms with Crippen molar-refractivity contribution >= 4 is 17.5 Å². The summed E-state index contributed by atoms with van der Waals surface area (Å²) >= 11 is 6.18. The van der Waals surface area contributed by atoms with Gasteiger partial charge in [0, 0.05) is 23.7 Å². The zero-order valence-corrected chi connectivity index (χ0v) is 12.8. The van der Waals surface area contributed by atoms with Gasteiger partial charge in [-0.05, 0) is 24.1 Å². The van der Waals surface area contributed by atoms with Gasteiger partial charge in [0.05, 0.1) is 18.3 Å². The molecule has 1 amide bonds. The number of nitrogens with zero attached hydrogens (tertiary/aromatic N) is 1.